The fourth-order valence-electron chi connectivity index (χ4n) is 2.19. The number of methoxy groups -OCH3 is 1. The Morgan fingerprint density at radius 3 is 2.29 bits per heavy atom. The van der Waals surface area contributed by atoms with Crippen molar-refractivity contribution < 1.29 is 37.7 Å². The van der Waals surface area contributed by atoms with Crippen LogP contribution in [0.4, 0.5) is 13.2 Å². The van der Waals surface area contributed by atoms with E-state index in [1.807, 2.05) is 0 Å². The minimum Gasteiger partial charge on any atom is -0.508 e. The van der Waals surface area contributed by atoms with Crippen LogP contribution in [0.1, 0.15) is 5.56 Å². The summed E-state index contributed by atoms with van der Waals surface area (Å²) in [5.41, 5.74) is 0.821. The number of carbonyl (C=O) groups excluding carboxylic acids is 1. The zero-order valence-electron chi connectivity index (χ0n) is 12.4. The van der Waals surface area contributed by atoms with Crippen molar-refractivity contribution in [3.05, 3.63) is 42.0 Å². The Labute approximate surface area is 134 Å². The Bertz CT molecular complexity index is 739. The number of phenols is 2. The molecule has 0 aliphatic heterocycles. The van der Waals surface area contributed by atoms with Gasteiger partial charge in [-0.3, -0.25) is 4.79 Å². The van der Waals surface area contributed by atoms with E-state index in [-0.39, 0.29) is 29.0 Å². The maximum Gasteiger partial charge on any atom is 0.573 e. The number of carbonyl (C=O) groups is 1. The summed E-state index contributed by atoms with van der Waals surface area (Å²) in [5.74, 6) is -1.59. The smallest absolute Gasteiger partial charge is 0.508 e. The van der Waals surface area contributed by atoms with Crippen LogP contribution in [-0.2, 0) is 16.0 Å². The molecule has 0 aromatic heterocycles. The normalized spacial score (nSPS) is 11.2. The quantitative estimate of drug-likeness (QED) is 0.833. The molecule has 0 atom stereocenters. The highest BCUT2D eigenvalue weighted by Gasteiger charge is 2.31. The van der Waals surface area contributed by atoms with Crippen molar-refractivity contribution in [3.8, 4) is 28.4 Å². The number of benzene rings is 2. The summed E-state index contributed by atoms with van der Waals surface area (Å²) in [6.07, 6.45) is -5.03. The standard InChI is InChI=1S/C16H13F3O5/c1-23-14(22)7-10-6-11(20)8-13(21)15(10)9-2-4-12(5-3-9)24-16(17,18)19/h2-6,8,20-21H,7H2,1H3. The first-order valence-electron chi connectivity index (χ1n) is 6.67. The molecule has 0 spiro atoms. The second kappa shape index (κ2) is 6.69. The molecule has 5 nitrogen and oxygen atoms in total. The molecule has 0 aliphatic rings. The first kappa shape index (κ1) is 17.5. The van der Waals surface area contributed by atoms with Crippen LogP contribution in [0, 0.1) is 0 Å². The highest BCUT2D eigenvalue weighted by Crippen LogP contribution is 2.37. The van der Waals surface area contributed by atoms with Crippen molar-refractivity contribution in [1.29, 1.82) is 0 Å². The molecule has 2 aromatic carbocycles. The van der Waals surface area contributed by atoms with Crippen molar-refractivity contribution in [2.45, 2.75) is 12.8 Å². The average molecular weight is 342 g/mol. The van der Waals surface area contributed by atoms with E-state index in [1.165, 1.54) is 25.3 Å². The highest BCUT2D eigenvalue weighted by molar-refractivity contribution is 5.81. The first-order valence-corrected chi connectivity index (χ1v) is 6.67. The van der Waals surface area contributed by atoms with Crippen molar-refractivity contribution in [3.63, 3.8) is 0 Å². The predicted octanol–water partition coefficient (Wildman–Crippen LogP) is 3.38. The molecule has 0 heterocycles. The van der Waals surface area contributed by atoms with Gasteiger partial charge < -0.3 is 19.7 Å². The van der Waals surface area contributed by atoms with Gasteiger partial charge in [0.1, 0.15) is 17.2 Å². The van der Waals surface area contributed by atoms with Crippen LogP contribution in [0.2, 0.25) is 0 Å². The van der Waals surface area contributed by atoms with Crippen LogP contribution < -0.4 is 4.74 Å². The summed E-state index contributed by atoms with van der Waals surface area (Å²) in [4.78, 5) is 11.5. The van der Waals surface area contributed by atoms with E-state index in [1.54, 1.807) is 0 Å². The molecular formula is C16H13F3O5. The molecule has 128 valence electrons. The lowest BCUT2D eigenvalue weighted by atomic mass is 9.96. The fourth-order valence-corrected chi connectivity index (χ4v) is 2.19. The Hall–Kier alpha value is -2.90. The van der Waals surface area contributed by atoms with Crippen LogP contribution >= 0.6 is 0 Å². The van der Waals surface area contributed by atoms with Crippen LogP contribution in [0.25, 0.3) is 11.1 Å². The fraction of sp³-hybridized carbons (Fsp3) is 0.188. The van der Waals surface area contributed by atoms with Gasteiger partial charge in [0.25, 0.3) is 0 Å². The van der Waals surface area contributed by atoms with E-state index in [2.05, 4.69) is 9.47 Å². The second-order valence-corrected chi connectivity index (χ2v) is 4.82. The molecule has 0 saturated carbocycles. The lowest BCUT2D eigenvalue weighted by Crippen LogP contribution is -2.16. The first-order chi connectivity index (χ1) is 11.2. The summed E-state index contributed by atoms with van der Waals surface area (Å²) in [7, 11) is 1.19. The number of hydrogen-bond donors (Lipinski definition) is 2. The molecule has 0 aliphatic carbocycles. The Kier molecular flexibility index (Phi) is 4.87. The SMILES string of the molecule is COC(=O)Cc1cc(O)cc(O)c1-c1ccc(OC(F)(F)F)cc1. The van der Waals surface area contributed by atoms with Gasteiger partial charge >= 0.3 is 12.3 Å². The van der Waals surface area contributed by atoms with E-state index in [9.17, 15) is 28.2 Å². The number of hydrogen-bond acceptors (Lipinski definition) is 5. The molecule has 2 N–H and O–H groups in total. The van der Waals surface area contributed by atoms with Crippen molar-refractivity contribution in [2.75, 3.05) is 7.11 Å². The largest absolute Gasteiger partial charge is 0.573 e. The van der Waals surface area contributed by atoms with Crippen LogP contribution in [0.15, 0.2) is 36.4 Å². The number of ether oxygens (including phenoxy) is 2. The Balaban J connectivity index is 2.42. The van der Waals surface area contributed by atoms with E-state index in [0.29, 0.717) is 5.56 Å². The summed E-state index contributed by atoms with van der Waals surface area (Å²) < 4.78 is 44.9. The lowest BCUT2D eigenvalue weighted by molar-refractivity contribution is -0.274. The van der Waals surface area contributed by atoms with E-state index < -0.39 is 18.1 Å². The van der Waals surface area contributed by atoms with Gasteiger partial charge in [-0.05, 0) is 29.3 Å². The number of phenolic OH excluding ortho intramolecular Hbond substituents is 2. The molecule has 0 radical (unpaired) electrons. The predicted molar refractivity (Wildman–Crippen MR) is 77.6 cm³/mol. The molecule has 0 fully saturated rings. The van der Waals surface area contributed by atoms with Gasteiger partial charge in [0.15, 0.2) is 0 Å². The van der Waals surface area contributed by atoms with Crippen molar-refractivity contribution in [2.24, 2.45) is 0 Å². The molecule has 0 unspecified atom stereocenters. The van der Waals surface area contributed by atoms with Gasteiger partial charge in [0, 0.05) is 11.6 Å². The maximum atomic E-state index is 12.2. The zero-order chi connectivity index (χ0) is 17.9. The molecule has 0 saturated heterocycles. The molecule has 24 heavy (non-hydrogen) atoms. The van der Waals surface area contributed by atoms with Crippen LogP contribution in [0.5, 0.6) is 17.2 Å². The second-order valence-electron chi connectivity index (χ2n) is 4.82. The van der Waals surface area contributed by atoms with Gasteiger partial charge in [-0.2, -0.15) is 0 Å². The maximum absolute atomic E-state index is 12.2. The average Bonchev–Trinajstić information content (AvgIpc) is 2.46. The Morgan fingerprint density at radius 1 is 1.12 bits per heavy atom. The molecule has 2 aromatic rings. The zero-order valence-corrected chi connectivity index (χ0v) is 12.4. The summed E-state index contributed by atoms with van der Waals surface area (Å²) in [6.45, 7) is 0. The monoisotopic (exact) mass is 342 g/mol. The minimum absolute atomic E-state index is 0.205. The van der Waals surface area contributed by atoms with E-state index >= 15 is 0 Å². The third-order valence-corrected chi connectivity index (χ3v) is 3.12. The lowest BCUT2D eigenvalue weighted by Gasteiger charge is -2.13. The molecule has 0 bridgehead atoms. The molecule has 0 amide bonds. The number of halogens is 3. The van der Waals surface area contributed by atoms with Gasteiger partial charge in [-0.25, -0.2) is 0 Å². The molecule has 8 heteroatoms. The highest BCUT2D eigenvalue weighted by atomic mass is 19.4. The van der Waals surface area contributed by atoms with Gasteiger partial charge in [-0.1, -0.05) is 12.1 Å². The number of rotatable bonds is 4. The number of esters is 1. The van der Waals surface area contributed by atoms with Crippen LogP contribution in [-0.4, -0.2) is 29.7 Å². The summed E-state index contributed by atoms with van der Waals surface area (Å²) >= 11 is 0. The number of alkyl halides is 3. The molecule has 2 rings (SSSR count). The Morgan fingerprint density at radius 2 is 1.75 bits per heavy atom. The third-order valence-electron chi connectivity index (χ3n) is 3.12. The minimum atomic E-state index is -4.81. The molecular weight excluding hydrogens is 329 g/mol. The van der Waals surface area contributed by atoms with Gasteiger partial charge in [0.05, 0.1) is 13.5 Å². The topological polar surface area (TPSA) is 76.0 Å². The van der Waals surface area contributed by atoms with Crippen molar-refractivity contribution >= 4 is 5.97 Å². The van der Waals surface area contributed by atoms with Crippen molar-refractivity contribution in [1.82, 2.24) is 0 Å². The van der Waals surface area contributed by atoms with Gasteiger partial charge in [-0.15, -0.1) is 13.2 Å². The third kappa shape index (κ3) is 4.31. The number of aromatic hydroxyl groups is 2. The summed E-state index contributed by atoms with van der Waals surface area (Å²) in [5, 5.41) is 19.6. The van der Waals surface area contributed by atoms with Gasteiger partial charge in [0.2, 0.25) is 0 Å². The van der Waals surface area contributed by atoms with E-state index in [0.717, 1.165) is 18.2 Å². The van der Waals surface area contributed by atoms with Crippen LogP contribution in [0.3, 0.4) is 0 Å². The summed E-state index contributed by atoms with van der Waals surface area (Å²) in [6, 6.07) is 7.10. The van der Waals surface area contributed by atoms with E-state index in [4.69, 9.17) is 0 Å².